The fraction of sp³-hybridized carbons (Fsp3) is 0.269. The van der Waals surface area contributed by atoms with Gasteiger partial charge in [-0.25, -0.2) is 13.9 Å². The number of hydrogen-bond acceptors (Lipinski definition) is 4. The van der Waals surface area contributed by atoms with Crippen LogP contribution in [0.15, 0.2) is 47.7 Å². The van der Waals surface area contributed by atoms with Crippen LogP contribution in [0, 0.1) is 13.8 Å². The number of aromatic nitrogens is 6. The maximum atomic E-state index is 14.2. The largest absolute Gasteiger partial charge is 0.338 e. The molecule has 0 spiro atoms. The molecule has 1 aliphatic heterocycles. The van der Waals surface area contributed by atoms with Crippen molar-refractivity contribution in [1.29, 1.82) is 0 Å². The van der Waals surface area contributed by atoms with E-state index in [9.17, 15) is 9.18 Å². The molecule has 0 unspecified atom stereocenters. The van der Waals surface area contributed by atoms with Gasteiger partial charge in [0.2, 0.25) is 0 Å². The third-order valence-corrected chi connectivity index (χ3v) is 7.59. The Hall–Kier alpha value is -3.40. The standard InChI is InChI=1S/C26H25ClFN7O.ClH/c1-14-10-17(11-15(2)24(14)27)35-25(23-16(3)29-7-6-21(23)32-35)34-9-8-33(26(34)36)22-5-4-20-19(13-30-31-20)18(22)12-28;/h4-5,8-11,13,16,29H,6-7,12H2,1-3H3,(H,30,31);1H/t16-;/m0./s1. The highest BCUT2D eigenvalue weighted by atomic mass is 35.5. The van der Waals surface area contributed by atoms with Crippen LogP contribution in [0.3, 0.4) is 0 Å². The predicted molar refractivity (Wildman–Crippen MR) is 145 cm³/mol. The highest BCUT2D eigenvalue weighted by Gasteiger charge is 2.29. The summed E-state index contributed by atoms with van der Waals surface area (Å²) >= 11 is 6.44. The molecule has 0 saturated heterocycles. The van der Waals surface area contributed by atoms with Gasteiger partial charge in [0, 0.05) is 52.9 Å². The van der Waals surface area contributed by atoms with Gasteiger partial charge in [-0.15, -0.1) is 12.4 Å². The number of rotatable bonds is 4. The molecule has 37 heavy (non-hydrogen) atoms. The quantitative estimate of drug-likeness (QED) is 0.333. The third kappa shape index (κ3) is 3.89. The molecule has 192 valence electrons. The van der Waals surface area contributed by atoms with Crippen LogP contribution in [0.1, 0.15) is 40.9 Å². The highest BCUT2D eigenvalue weighted by Crippen LogP contribution is 2.32. The van der Waals surface area contributed by atoms with Gasteiger partial charge in [0.15, 0.2) is 0 Å². The van der Waals surface area contributed by atoms with Gasteiger partial charge in [0.25, 0.3) is 0 Å². The van der Waals surface area contributed by atoms with Gasteiger partial charge in [-0.1, -0.05) is 11.6 Å². The second-order valence-corrected chi connectivity index (χ2v) is 9.64. The van der Waals surface area contributed by atoms with E-state index in [2.05, 4.69) is 22.4 Å². The maximum Gasteiger partial charge on any atom is 0.338 e. The van der Waals surface area contributed by atoms with E-state index in [1.54, 1.807) is 35.3 Å². The van der Waals surface area contributed by atoms with Crippen molar-refractivity contribution < 1.29 is 4.39 Å². The summed E-state index contributed by atoms with van der Waals surface area (Å²) in [6, 6.07) is 7.50. The molecular formula is C26H26Cl2FN7O. The van der Waals surface area contributed by atoms with E-state index in [0.29, 0.717) is 27.5 Å². The Morgan fingerprint density at radius 2 is 1.89 bits per heavy atom. The van der Waals surface area contributed by atoms with Crippen molar-refractivity contribution in [3.63, 3.8) is 0 Å². The zero-order chi connectivity index (χ0) is 25.1. The average molecular weight is 542 g/mol. The predicted octanol–water partition coefficient (Wildman–Crippen LogP) is 5.06. The van der Waals surface area contributed by atoms with Gasteiger partial charge >= 0.3 is 5.69 Å². The molecule has 1 atom stereocenters. The van der Waals surface area contributed by atoms with E-state index >= 15 is 0 Å². The van der Waals surface area contributed by atoms with Crippen LogP contribution in [0.25, 0.3) is 28.1 Å². The topological polar surface area (TPSA) is 85.5 Å². The first-order valence-electron chi connectivity index (χ1n) is 11.8. The van der Waals surface area contributed by atoms with Crippen LogP contribution in [0.5, 0.6) is 0 Å². The number of H-pyrrole nitrogens is 1. The van der Waals surface area contributed by atoms with Crippen LogP contribution in [0.4, 0.5) is 4.39 Å². The molecule has 0 bridgehead atoms. The Morgan fingerprint density at radius 3 is 2.62 bits per heavy atom. The zero-order valence-corrected chi connectivity index (χ0v) is 22.1. The molecule has 1 aliphatic rings. The molecular weight excluding hydrogens is 516 g/mol. The number of hydrogen-bond donors (Lipinski definition) is 2. The van der Waals surface area contributed by atoms with E-state index in [0.717, 1.165) is 46.6 Å². The molecule has 0 aliphatic carbocycles. The minimum atomic E-state index is -0.721. The van der Waals surface area contributed by atoms with E-state index in [-0.39, 0.29) is 24.1 Å². The summed E-state index contributed by atoms with van der Waals surface area (Å²) in [4.78, 5) is 13.9. The van der Waals surface area contributed by atoms with Crippen molar-refractivity contribution in [2.75, 3.05) is 6.54 Å². The Labute approximate surface area is 223 Å². The van der Waals surface area contributed by atoms with Crippen LogP contribution in [0.2, 0.25) is 5.02 Å². The smallest absolute Gasteiger partial charge is 0.310 e. The minimum Gasteiger partial charge on any atom is -0.310 e. The van der Waals surface area contributed by atoms with Crippen molar-refractivity contribution in [3.05, 3.63) is 86.3 Å². The zero-order valence-electron chi connectivity index (χ0n) is 20.5. The molecule has 8 nitrogen and oxygen atoms in total. The molecule has 0 fully saturated rings. The molecule has 0 radical (unpaired) electrons. The first kappa shape index (κ1) is 25.3. The van der Waals surface area contributed by atoms with Crippen LogP contribution in [-0.4, -0.2) is 35.7 Å². The number of imidazole rings is 1. The summed E-state index contributed by atoms with van der Waals surface area (Å²) < 4.78 is 19.1. The Kier molecular flexibility index (Phi) is 6.47. The number of nitrogens with zero attached hydrogens (tertiary/aromatic N) is 5. The molecule has 11 heteroatoms. The summed E-state index contributed by atoms with van der Waals surface area (Å²) in [6.07, 6.45) is 5.73. The first-order valence-corrected chi connectivity index (χ1v) is 12.2. The average Bonchev–Trinajstić information content (AvgIpc) is 3.58. The summed E-state index contributed by atoms with van der Waals surface area (Å²) in [6.45, 7) is 6.08. The van der Waals surface area contributed by atoms with Gasteiger partial charge in [-0.3, -0.25) is 14.2 Å². The molecule has 3 aromatic heterocycles. The summed E-state index contributed by atoms with van der Waals surface area (Å²) in [5.41, 5.74) is 5.93. The number of nitrogens with one attached hydrogen (secondary N) is 2. The van der Waals surface area contributed by atoms with Crippen LogP contribution >= 0.6 is 24.0 Å². The highest BCUT2D eigenvalue weighted by molar-refractivity contribution is 6.32. The first-order chi connectivity index (χ1) is 17.4. The number of benzene rings is 2. The number of aromatic amines is 1. The lowest BCUT2D eigenvalue weighted by Gasteiger charge is -2.21. The van der Waals surface area contributed by atoms with Gasteiger partial charge in [0.1, 0.15) is 12.5 Å². The molecule has 6 rings (SSSR count). The van der Waals surface area contributed by atoms with Crippen molar-refractivity contribution in [3.8, 4) is 17.2 Å². The van der Waals surface area contributed by atoms with Crippen molar-refractivity contribution in [1.82, 2.24) is 34.4 Å². The summed E-state index contributed by atoms with van der Waals surface area (Å²) in [5.74, 6) is 0.667. The van der Waals surface area contributed by atoms with Crippen LogP contribution < -0.4 is 11.0 Å². The van der Waals surface area contributed by atoms with Crippen molar-refractivity contribution in [2.45, 2.75) is 39.9 Å². The molecule has 2 N–H and O–H groups in total. The van der Waals surface area contributed by atoms with Gasteiger partial charge in [-0.2, -0.15) is 10.2 Å². The van der Waals surface area contributed by atoms with Crippen molar-refractivity contribution in [2.24, 2.45) is 0 Å². The molecule has 5 aromatic rings. The van der Waals surface area contributed by atoms with Gasteiger partial charge in [0.05, 0.1) is 28.8 Å². The second kappa shape index (κ2) is 9.48. The summed E-state index contributed by atoms with van der Waals surface area (Å²) in [7, 11) is 0. The monoisotopic (exact) mass is 541 g/mol. The lowest BCUT2D eigenvalue weighted by molar-refractivity contribution is 0.486. The normalized spacial score (nSPS) is 15.1. The molecule has 0 saturated carbocycles. The van der Waals surface area contributed by atoms with E-state index in [1.807, 2.05) is 30.7 Å². The minimum absolute atomic E-state index is 0. The van der Waals surface area contributed by atoms with Gasteiger partial charge < -0.3 is 5.32 Å². The van der Waals surface area contributed by atoms with Gasteiger partial charge in [-0.05, 0) is 56.2 Å². The lowest BCUT2D eigenvalue weighted by atomic mass is 10.0. The molecule has 0 amide bonds. The van der Waals surface area contributed by atoms with E-state index in [1.165, 1.54) is 4.57 Å². The van der Waals surface area contributed by atoms with E-state index < -0.39 is 6.67 Å². The number of fused-ring (bicyclic) bond motifs is 2. The summed E-state index contributed by atoms with van der Waals surface area (Å²) in [5, 5.41) is 16.7. The Bertz CT molecular complexity index is 1670. The third-order valence-electron chi connectivity index (χ3n) is 6.99. The maximum absolute atomic E-state index is 14.2. The Morgan fingerprint density at radius 1 is 1.16 bits per heavy atom. The number of halogens is 3. The van der Waals surface area contributed by atoms with Crippen molar-refractivity contribution >= 4 is 34.9 Å². The fourth-order valence-electron chi connectivity index (χ4n) is 5.21. The number of aryl methyl sites for hydroxylation is 2. The SMILES string of the molecule is Cc1cc(-n2nc3c(c2-n2ccn(-c4ccc5[nH]ncc5c4CF)c2=O)[C@H](C)NCC3)cc(C)c1Cl.Cl. The van der Waals surface area contributed by atoms with Crippen LogP contribution in [-0.2, 0) is 13.1 Å². The Balaban J connectivity index is 0.00000280. The molecule has 4 heterocycles. The second-order valence-electron chi connectivity index (χ2n) is 9.26. The number of alkyl halides is 1. The lowest BCUT2D eigenvalue weighted by Crippen LogP contribution is -2.30. The fourth-order valence-corrected chi connectivity index (χ4v) is 5.32. The van der Waals surface area contributed by atoms with E-state index in [4.69, 9.17) is 16.7 Å². The molecule has 2 aromatic carbocycles.